The number of Topliss-reactive ketones (excluding diaryl/α,β-unsaturated/α-hetero) is 1. The van der Waals surface area contributed by atoms with Gasteiger partial charge in [-0.05, 0) is 38.0 Å². The molecule has 4 nitrogen and oxygen atoms in total. The van der Waals surface area contributed by atoms with E-state index in [1.807, 2.05) is 13.8 Å². The first-order chi connectivity index (χ1) is 8.02. The van der Waals surface area contributed by atoms with Crippen molar-refractivity contribution in [2.45, 2.75) is 20.8 Å². The number of hydrogen-bond acceptors (Lipinski definition) is 4. The fourth-order valence-electron chi connectivity index (χ4n) is 1.54. The Hall–Kier alpha value is -1.84. The van der Waals surface area contributed by atoms with Crippen LogP contribution in [0.2, 0.25) is 0 Å². The fraction of sp³-hybridized carbons (Fsp3) is 0.385. The Bertz CT molecular complexity index is 449. The van der Waals surface area contributed by atoms with Crippen molar-refractivity contribution < 1.29 is 19.1 Å². The molecule has 1 rings (SSSR count). The van der Waals surface area contributed by atoms with Gasteiger partial charge in [0.25, 0.3) is 5.78 Å². The minimum absolute atomic E-state index is 0.178. The van der Waals surface area contributed by atoms with Gasteiger partial charge in [0.05, 0.1) is 19.3 Å². The molecule has 1 aromatic rings. The molecule has 0 aliphatic carbocycles. The van der Waals surface area contributed by atoms with Crippen molar-refractivity contribution in [2.75, 3.05) is 13.7 Å². The molecule has 0 heterocycles. The van der Waals surface area contributed by atoms with Gasteiger partial charge in [0, 0.05) is 0 Å². The van der Waals surface area contributed by atoms with Crippen LogP contribution in [0.25, 0.3) is 0 Å². The topological polar surface area (TPSA) is 52.6 Å². The van der Waals surface area contributed by atoms with Crippen LogP contribution < -0.4 is 4.74 Å². The molecule has 17 heavy (non-hydrogen) atoms. The summed E-state index contributed by atoms with van der Waals surface area (Å²) >= 11 is 0. The largest absolute Gasteiger partial charge is 0.496 e. The highest BCUT2D eigenvalue weighted by Crippen LogP contribution is 2.26. The van der Waals surface area contributed by atoms with Crippen molar-refractivity contribution in [3.05, 3.63) is 28.8 Å². The maximum Gasteiger partial charge on any atom is 0.379 e. The monoisotopic (exact) mass is 236 g/mol. The van der Waals surface area contributed by atoms with Crippen molar-refractivity contribution in [2.24, 2.45) is 0 Å². The van der Waals surface area contributed by atoms with Gasteiger partial charge in [-0.2, -0.15) is 0 Å². The lowest BCUT2D eigenvalue weighted by Crippen LogP contribution is -2.18. The maximum atomic E-state index is 11.8. The molecule has 0 amide bonds. The predicted molar refractivity (Wildman–Crippen MR) is 63.4 cm³/mol. The third kappa shape index (κ3) is 2.64. The van der Waals surface area contributed by atoms with Crippen molar-refractivity contribution in [1.29, 1.82) is 0 Å². The van der Waals surface area contributed by atoms with E-state index in [4.69, 9.17) is 4.74 Å². The fourth-order valence-corrected chi connectivity index (χ4v) is 1.54. The standard InChI is InChI=1S/C13H16O4/c1-5-17-13(15)11(14)10-7-6-8(2)9(3)12(10)16-4/h6-7H,5H2,1-4H3. The number of aryl methyl sites for hydroxylation is 1. The lowest BCUT2D eigenvalue weighted by molar-refractivity contribution is -0.137. The molecule has 4 heteroatoms. The second kappa shape index (κ2) is 5.48. The number of rotatable bonds is 4. The summed E-state index contributed by atoms with van der Waals surface area (Å²) < 4.78 is 9.86. The van der Waals surface area contributed by atoms with E-state index < -0.39 is 11.8 Å². The van der Waals surface area contributed by atoms with Crippen LogP contribution in [0.4, 0.5) is 0 Å². The SMILES string of the molecule is CCOC(=O)C(=O)c1ccc(C)c(C)c1OC. The summed E-state index contributed by atoms with van der Waals surface area (Å²) in [6.45, 7) is 5.59. The molecule has 0 atom stereocenters. The molecule has 0 saturated carbocycles. The van der Waals surface area contributed by atoms with Crippen LogP contribution >= 0.6 is 0 Å². The van der Waals surface area contributed by atoms with Gasteiger partial charge in [0.2, 0.25) is 0 Å². The highest BCUT2D eigenvalue weighted by atomic mass is 16.5. The van der Waals surface area contributed by atoms with E-state index in [-0.39, 0.29) is 12.2 Å². The molecule has 0 saturated heterocycles. The molecule has 0 aliphatic heterocycles. The van der Waals surface area contributed by atoms with Gasteiger partial charge >= 0.3 is 5.97 Å². The van der Waals surface area contributed by atoms with E-state index in [0.717, 1.165) is 11.1 Å². The quantitative estimate of drug-likeness (QED) is 0.456. The highest BCUT2D eigenvalue weighted by molar-refractivity contribution is 6.41. The number of benzene rings is 1. The van der Waals surface area contributed by atoms with Crippen LogP contribution in [0, 0.1) is 13.8 Å². The smallest absolute Gasteiger partial charge is 0.379 e. The molecule has 0 unspecified atom stereocenters. The Morgan fingerprint density at radius 2 is 1.88 bits per heavy atom. The minimum atomic E-state index is -0.853. The lowest BCUT2D eigenvalue weighted by Gasteiger charge is -2.11. The Labute approximate surface area is 101 Å². The van der Waals surface area contributed by atoms with Crippen molar-refractivity contribution in [3.63, 3.8) is 0 Å². The number of ketones is 1. The molecule has 1 aromatic carbocycles. The first-order valence-corrected chi connectivity index (χ1v) is 5.38. The number of hydrogen-bond donors (Lipinski definition) is 0. The molecule has 92 valence electrons. The normalized spacial score (nSPS) is 9.88. The van der Waals surface area contributed by atoms with Gasteiger partial charge in [0.1, 0.15) is 5.75 Å². The first-order valence-electron chi connectivity index (χ1n) is 5.38. The van der Waals surface area contributed by atoms with Gasteiger partial charge in [-0.15, -0.1) is 0 Å². The number of methoxy groups -OCH3 is 1. The van der Waals surface area contributed by atoms with Crippen LogP contribution in [-0.4, -0.2) is 25.5 Å². The molecule has 0 spiro atoms. The predicted octanol–water partition coefficient (Wildman–Crippen LogP) is 2.06. The van der Waals surface area contributed by atoms with Gasteiger partial charge in [-0.3, -0.25) is 4.79 Å². The average molecular weight is 236 g/mol. The van der Waals surface area contributed by atoms with Crippen LogP contribution in [0.5, 0.6) is 5.75 Å². The van der Waals surface area contributed by atoms with E-state index in [1.54, 1.807) is 19.1 Å². The van der Waals surface area contributed by atoms with Gasteiger partial charge in [-0.1, -0.05) is 6.07 Å². The molecule has 0 fully saturated rings. The third-order valence-electron chi connectivity index (χ3n) is 2.59. The maximum absolute atomic E-state index is 11.8. The average Bonchev–Trinajstić information content (AvgIpc) is 2.31. The Morgan fingerprint density at radius 1 is 1.24 bits per heavy atom. The third-order valence-corrected chi connectivity index (χ3v) is 2.59. The summed E-state index contributed by atoms with van der Waals surface area (Å²) in [6.07, 6.45) is 0. The van der Waals surface area contributed by atoms with Crippen molar-refractivity contribution in [1.82, 2.24) is 0 Å². The minimum Gasteiger partial charge on any atom is -0.496 e. The Morgan fingerprint density at radius 3 is 2.41 bits per heavy atom. The summed E-state index contributed by atoms with van der Waals surface area (Å²) in [4.78, 5) is 23.2. The Kier molecular flexibility index (Phi) is 4.26. The number of carbonyl (C=O) groups is 2. The number of esters is 1. The van der Waals surface area contributed by atoms with Gasteiger partial charge in [-0.25, -0.2) is 4.79 Å². The van der Waals surface area contributed by atoms with Crippen molar-refractivity contribution >= 4 is 11.8 Å². The summed E-state index contributed by atoms with van der Waals surface area (Å²) in [6, 6.07) is 3.37. The number of carbonyl (C=O) groups excluding carboxylic acids is 2. The zero-order valence-electron chi connectivity index (χ0n) is 10.5. The van der Waals surface area contributed by atoms with E-state index in [9.17, 15) is 9.59 Å². The summed E-state index contributed by atoms with van der Waals surface area (Å²) in [7, 11) is 1.48. The van der Waals surface area contributed by atoms with Crippen LogP contribution in [-0.2, 0) is 9.53 Å². The van der Waals surface area contributed by atoms with Gasteiger partial charge in [0.15, 0.2) is 0 Å². The second-order valence-electron chi connectivity index (χ2n) is 3.64. The summed E-state index contributed by atoms with van der Waals surface area (Å²) in [5.74, 6) is -1.09. The molecule has 0 N–H and O–H groups in total. The summed E-state index contributed by atoms with van der Waals surface area (Å²) in [5.41, 5.74) is 2.10. The lowest BCUT2D eigenvalue weighted by atomic mass is 10.0. The molecular formula is C13H16O4. The van der Waals surface area contributed by atoms with Gasteiger partial charge < -0.3 is 9.47 Å². The summed E-state index contributed by atoms with van der Waals surface area (Å²) in [5, 5.41) is 0. The number of ether oxygens (including phenoxy) is 2. The zero-order valence-corrected chi connectivity index (χ0v) is 10.5. The molecule has 0 radical (unpaired) electrons. The van der Waals surface area contributed by atoms with Crippen LogP contribution in [0.3, 0.4) is 0 Å². The van der Waals surface area contributed by atoms with E-state index in [2.05, 4.69) is 4.74 Å². The van der Waals surface area contributed by atoms with Crippen LogP contribution in [0.1, 0.15) is 28.4 Å². The van der Waals surface area contributed by atoms with E-state index in [0.29, 0.717) is 5.75 Å². The molecule has 0 aromatic heterocycles. The highest BCUT2D eigenvalue weighted by Gasteiger charge is 2.22. The molecule has 0 bridgehead atoms. The first kappa shape index (κ1) is 13.2. The Balaban J connectivity index is 3.18. The van der Waals surface area contributed by atoms with Crippen molar-refractivity contribution in [3.8, 4) is 5.75 Å². The van der Waals surface area contributed by atoms with E-state index >= 15 is 0 Å². The van der Waals surface area contributed by atoms with Crippen LogP contribution in [0.15, 0.2) is 12.1 Å². The van der Waals surface area contributed by atoms with E-state index in [1.165, 1.54) is 7.11 Å². The molecule has 0 aliphatic rings. The zero-order chi connectivity index (χ0) is 13.0. The second-order valence-corrected chi connectivity index (χ2v) is 3.64. The molecular weight excluding hydrogens is 220 g/mol.